The molecule has 3 amide bonds. The third-order valence-corrected chi connectivity index (χ3v) is 4.98. The summed E-state index contributed by atoms with van der Waals surface area (Å²) in [5.41, 5.74) is 8.06. The van der Waals surface area contributed by atoms with E-state index in [-0.39, 0.29) is 24.1 Å². The van der Waals surface area contributed by atoms with E-state index in [1.165, 1.54) is 0 Å². The number of benzene rings is 1. The van der Waals surface area contributed by atoms with Gasteiger partial charge in [0.1, 0.15) is 6.04 Å². The van der Waals surface area contributed by atoms with Crippen LogP contribution in [0.4, 0.5) is 0 Å². The summed E-state index contributed by atoms with van der Waals surface area (Å²) in [4.78, 5) is 37.7. The summed E-state index contributed by atoms with van der Waals surface area (Å²) in [6.45, 7) is 3.22. The third-order valence-electron chi connectivity index (χ3n) is 4.98. The zero-order chi connectivity index (χ0) is 19.9. The van der Waals surface area contributed by atoms with Gasteiger partial charge in [0.15, 0.2) is 0 Å². The van der Waals surface area contributed by atoms with Crippen LogP contribution >= 0.6 is 0 Å². The molecule has 2 aliphatic heterocycles. The van der Waals surface area contributed by atoms with Gasteiger partial charge in [0.25, 0.3) is 5.91 Å². The van der Waals surface area contributed by atoms with Crippen molar-refractivity contribution in [3.8, 4) is 0 Å². The minimum Gasteiger partial charge on any atom is -0.379 e. The lowest BCUT2D eigenvalue weighted by Gasteiger charge is -2.29. The van der Waals surface area contributed by atoms with Crippen LogP contribution in [0.15, 0.2) is 18.2 Å². The van der Waals surface area contributed by atoms with E-state index in [2.05, 4.69) is 5.32 Å². The summed E-state index contributed by atoms with van der Waals surface area (Å²) in [5, 5.41) is 2.32. The highest BCUT2D eigenvalue weighted by Crippen LogP contribution is 2.28. The lowest BCUT2D eigenvalue weighted by atomic mass is 10.0. The van der Waals surface area contributed by atoms with Crippen molar-refractivity contribution in [2.45, 2.75) is 38.3 Å². The molecule has 2 aliphatic rings. The first-order valence-corrected chi connectivity index (χ1v) is 9.72. The number of nitrogens with two attached hydrogens (primary N) is 1. The summed E-state index contributed by atoms with van der Waals surface area (Å²) in [6, 6.07) is 5.25. The van der Waals surface area contributed by atoms with Gasteiger partial charge in [0.05, 0.1) is 19.8 Å². The van der Waals surface area contributed by atoms with Crippen LogP contribution in [-0.2, 0) is 32.0 Å². The minimum atomic E-state index is -0.573. The van der Waals surface area contributed by atoms with Crippen LogP contribution in [-0.4, -0.2) is 61.6 Å². The largest absolute Gasteiger partial charge is 0.379 e. The summed E-state index contributed by atoms with van der Waals surface area (Å²) >= 11 is 0. The van der Waals surface area contributed by atoms with E-state index in [0.717, 1.165) is 24.0 Å². The number of fused-ring (bicyclic) bond motifs is 1. The molecule has 0 saturated carbocycles. The molecule has 1 unspecified atom stereocenters. The molecular weight excluding hydrogens is 362 g/mol. The third kappa shape index (κ3) is 4.95. The molecule has 0 aliphatic carbocycles. The SMILES string of the molecule is NCCOCCOCCCc1ccc2c(c1)CN(C1CCC(=O)NC1=O)C2=O. The number of rotatable bonds is 10. The molecular formula is C20H27N3O5. The number of nitrogens with zero attached hydrogens (tertiary/aromatic N) is 1. The first-order valence-electron chi connectivity index (χ1n) is 9.72. The van der Waals surface area contributed by atoms with E-state index in [0.29, 0.717) is 51.5 Å². The van der Waals surface area contributed by atoms with E-state index < -0.39 is 6.04 Å². The molecule has 1 atom stereocenters. The highest BCUT2D eigenvalue weighted by molar-refractivity contribution is 6.05. The number of amides is 3. The number of ether oxygens (including phenoxy) is 2. The number of imide groups is 1. The second-order valence-electron chi connectivity index (χ2n) is 7.01. The van der Waals surface area contributed by atoms with Crippen LogP contribution in [0.1, 0.15) is 40.7 Å². The van der Waals surface area contributed by atoms with Crippen molar-refractivity contribution in [2.75, 3.05) is 33.0 Å². The van der Waals surface area contributed by atoms with Crippen molar-refractivity contribution in [2.24, 2.45) is 5.73 Å². The molecule has 1 saturated heterocycles. The Bertz CT molecular complexity index is 737. The Morgan fingerprint density at radius 3 is 2.64 bits per heavy atom. The maximum absolute atomic E-state index is 12.7. The van der Waals surface area contributed by atoms with Crippen LogP contribution in [0.3, 0.4) is 0 Å². The maximum atomic E-state index is 12.7. The number of hydrogen-bond donors (Lipinski definition) is 2. The van der Waals surface area contributed by atoms with E-state index >= 15 is 0 Å². The van der Waals surface area contributed by atoms with Gasteiger partial charge in [-0.1, -0.05) is 12.1 Å². The van der Waals surface area contributed by atoms with Gasteiger partial charge < -0.3 is 20.1 Å². The van der Waals surface area contributed by atoms with Gasteiger partial charge in [-0.15, -0.1) is 0 Å². The molecule has 152 valence electrons. The molecule has 8 heteroatoms. The fraction of sp³-hybridized carbons (Fsp3) is 0.550. The summed E-state index contributed by atoms with van der Waals surface area (Å²) in [5.74, 6) is -0.803. The van der Waals surface area contributed by atoms with Gasteiger partial charge in [-0.3, -0.25) is 19.7 Å². The number of piperidine rings is 1. The first-order chi connectivity index (χ1) is 13.6. The molecule has 0 aromatic heterocycles. The van der Waals surface area contributed by atoms with Gasteiger partial charge in [-0.25, -0.2) is 0 Å². The van der Waals surface area contributed by atoms with Crippen molar-refractivity contribution in [1.29, 1.82) is 0 Å². The second-order valence-corrected chi connectivity index (χ2v) is 7.01. The highest BCUT2D eigenvalue weighted by atomic mass is 16.5. The quantitative estimate of drug-likeness (QED) is 0.442. The van der Waals surface area contributed by atoms with Crippen LogP contribution in [0.5, 0.6) is 0 Å². The number of hydrogen-bond acceptors (Lipinski definition) is 6. The van der Waals surface area contributed by atoms with E-state index in [1.54, 1.807) is 4.90 Å². The Labute approximate surface area is 164 Å². The molecule has 0 bridgehead atoms. The molecule has 1 fully saturated rings. The van der Waals surface area contributed by atoms with Crippen molar-refractivity contribution >= 4 is 17.7 Å². The summed E-state index contributed by atoms with van der Waals surface area (Å²) in [7, 11) is 0. The smallest absolute Gasteiger partial charge is 0.255 e. The van der Waals surface area contributed by atoms with Crippen molar-refractivity contribution in [3.05, 3.63) is 34.9 Å². The molecule has 0 radical (unpaired) electrons. The van der Waals surface area contributed by atoms with Crippen LogP contribution < -0.4 is 11.1 Å². The Balaban J connectivity index is 1.48. The lowest BCUT2D eigenvalue weighted by molar-refractivity contribution is -0.136. The number of aryl methyl sites for hydroxylation is 1. The Morgan fingerprint density at radius 1 is 1.11 bits per heavy atom. The highest BCUT2D eigenvalue weighted by Gasteiger charge is 2.38. The Hall–Kier alpha value is -2.29. The Morgan fingerprint density at radius 2 is 1.89 bits per heavy atom. The standard InChI is InChI=1S/C20H27N3O5/c21-7-9-28-11-10-27-8-1-2-14-3-4-16-15(12-14)13-23(20(16)26)17-5-6-18(24)22-19(17)25/h3-4,12,17H,1-2,5-11,13,21H2,(H,22,24,25). The fourth-order valence-corrected chi connectivity index (χ4v) is 3.57. The number of carbonyl (C=O) groups is 3. The van der Waals surface area contributed by atoms with Gasteiger partial charge in [-0.05, 0) is 36.5 Å². The lowest BCUT2D eigenvalue weighted by Crippen LogP contribution is -2.52. The van der Waals surface area contributed by atoms with Gasteiger partial charge in [0.2, 0.25) is 11.8 Å². The van der Waals surface area contributed by atoms with Crippen molar-refractivity contribution in [1.82, 2.24) is 10.2 Å². The van der Waals surface area contributed by atoms with Crippen LogP contribution in [0, 0.1) is 0 Å². The molecule has 3 rings (SSSR count). The number of nitrogens with one attached hydrogen (secondary N) is 1. The molecule has 0 spiro atoms. The van der Waals surface area contributed by atoms with E-state index in [1.807, 2.05) is 18.2 Å². The summed E-state index contributed by atoms with van der Waals surface area (Å²) in [6.07, 6.45) is 2.37. The fourth-order valence-electron chi connectivity index (χ4n) is 3.57. The van der Waals surface area contributed by atoms with Crippen molar-refractivity contribution < 1.29 is 23.9 Å². The predicted octanol–water partition coefficient (Wildman–Crippen LogP) is 0.372. The molecule has 28 heavy (non-hydrogen) atoms. The average molecular weight is 389 g/mol. The molecule has 2 heterocycles. The molecule has 8 nitrogen and oxygen atoms in total. The van der Waals surface area contributed by atoms with E-state index in [9.17, 15) is 14.4 Å². The minimum absolute atomic E-state index is 0.142. The summed E-state index contributed by atoms with van der Waals surface area (Å²) < 4.78 is 10.8. The zero-order valence-corrected chi connectivity index (χ0v) is 15.9. The molecule has 3 N–H and O–H groups in total. The maximum Gasteiger partial charge on any atom is 0.255 e. The topological polar surface area (TPSA) is 111 Å². The monoisotopic (exact) mass is 389 g/mol. The second kappa shape index (κ2) is 9.77. The Kier molecular flexibility index (Phi) is 7.13. The predicted molar refractivity (Wildman–Crippen MR) is 102 cm³/mol. The van der Waals surface area contributed by atoms with Gasteiger partial charge >= 0.3 is 0 Å². The van der Waals surface area contributed by atoms with Crippen molar-refractivity contribution in [3.63, 3.8) is 0 Å². The zero-order valence-electron chi connectivity index (χ0n) is 15.9. The molecule has 1 aromatic rings. The van der Waals surface area contributed by atoms with Crippen LogP contribution in [0.2, 0.25) is 0 Å². The average Bonchev–Trinajstić information content (AvgIpc) is 3.00. The number of carbonyl (C=O) groups excluding carboxylic acids is 3. The van der Waals surface area contributed by atoms with Crippen LogP contribution in [0.25, 0.3) is 0 Å². The molecule has 1 aromatic carbocycles. The van der Waals surface area contributed by atoms with E-state index in [4.69, 9.17) is 15.2 Å². The first kappa shape index (κ1) is 20.4. The normalized spacial score (nSPS) is 19.1. The van der Waals surface area contributed by atoms with Gasteiger partial charge in [-0.2, -0.15) is 0 Å². The van der Waals surface area contributed by atoms with Gasteiger partial charge in [0, 0.05) is 31.7 Å².